The van der Waals surface area contributed by atoms with Gasteiger partial charge >= 0.3 is 5.97 Å². The van der Waals surface area contributed by atoms with Gasteiger partial charge in [0.15, 0.2) is 8.32 Å². The van der Waals surface area contributed by atoms with Crippen molar-refractivity contribution in [2.45, 2.75) is 83.8 Å². The van der Waals surface area contributed by atoms with Crippen LogP contribution in [0.1, 0.15) is 64.7 Å². The molecule has 0 aliphatic rings. The van der Waals surface area contributed by atoms with E-state index in [1.807, 2.05) is 13.1 Å². The van der Waals surface area contributed by atoms with Gasteiger partial charge in [-0.1, -0.05) is 57.9 Å². The lowest BCUT2D eigenvalue weighted by Crippen LogP contribution is -2.23. The third-order valence-electron chi connectivity index (χ3n) is 7.98. The monoisotopic (exact) mass is 843 g/mol. The molecule has 0 heterocycles. The highest BCUT2D eigenvalue weighted by atomic mass is 28.4. The van der Waals surface area contributed by atoms with E-state index in [9.17, 15) is 9.59 Å². The van der Waals surface area contributed by atoms with Gasteiger partial charge in [-0.15, -0.1) is 0 Å². The molecular formula is C41H82O15Si. The predicted molar refractivity (Wildman–Crippen MR) is 222 cm³/mol. The number of carbonyl (C=O) groups excluding carboxylic acids is 1. The van der Waals surface area contributed by atoms with E-state index >= 15 is 0 Å². The van der Waals surface area contributed by atoms with Crippen molar-refractivity contribution in [1.29, 1.82) is 0 Å². The maximum atomic E-state index is 11.2. The molecule has 16 heteroatoms. The smallest absolute Gasteiger partial charge is 0.333 e. The van der Waals surface area contributed by atoms with Crippen LogP contribution in [0.5, 0.6) is 0 Å². The summed E-state index contributed by atoms with van der Waals surface area (Å²) in [5, 5.41) is 0. The van der Waals surface area contributed by atoms with Crippen molar-refractivity contribution in [2.75, 3.05) is 165 Å². The lowest BCUT2D eigenvalue weighted by molar-refractivity contribution is -0.140. The summed E-state index contributed by atoms with van der Waals surface area (Å²) in [6.07, 6.45) is 11.3. The number of hydrogen-bond donors (Lipinski definition) is 1. The molecule has 0 aromatic heterocycles. The van der Waals surface area contributed by atoms with Crippen LogP contribution in [0.2, 0.25) is 19.1 Å². The van der Waals surface area contributed by atoms with Crippen molar-refractivity contribution in [3.63, 3.8) is 0 Å². The second-order valence-corrected chi connectivity index (χ2v) is 18.1. The van der Waals surface area contributed by atoms with Gasteiger partial charge in [-0.25, -0.2) is 4.79 Å². The Morgan fingerprint density at radius 1 is 0.368 bits per heavy atom. The minimum absolute atomic E-state index is 0.198. The minimum Gasteiger partial charge on any atom is -0.460 e. The highest BCUT2D eigenvalue weighted by Crippen LogP contribution is 2.14. The summed E-state index contributed by atoms with van der Waals surface area (Å²) in [6, 6.07) is 1.04. The summed E-state index contributed by atoms with van der Waals surface area (Å²) < 4.78 is 70.8. The van der Waals surface area contributed by atoms with Gasteiger partial charge in [-0.05, 0) is 32.5 Å². The van der Waals surface area contributed by atoms with Crippen molar-refractivity contribution >= 4 is 14.3 Å². The quantitative estimate of drug-likeness (QED) is 0.0377. The predicted octanol–water partition coefficient (Wildman–Crippen LogP) is 5.01. The average Bonchev–Trinajstić information content (AvgIpc) is 3.18. The first-order valence-corrected chi connectivity index (χ1v) is 24.5. The van der Waals surface area contributed by atoms with E-state index in [0.29, 0.717) is 158 Å². The van der Waals surface area contributed by atoms with Gasteiger partial charge in [-0.3, -0.25) is 0 Å². The second-order valence-electron chi connectivity index (χ2n) is 14.0. The Labute approximate surface area is 346 Å². The Bertz CT molecular complexity index is 835. The van der Waals surface area contributed by atoms with E-state index < -0.39 is 14.3 Å². The molecule has 1 N–H and O–H groups in total. The standard InChI is InChI=1S/C41H82O15Si/c1-40(2)41(42)56-38-37-55-36-35-54-34-33-53-32-31-52-30-29-51-28-27-50-26-25-49-24-23-48-22-21-47-20-19-46-18-17-45-16-15-44-14-12-10-8-6-5-7-9-11-13-39-57(3,4)43/h43H,1,5-39H2,2-4H3. The Balaban J connectivity index is 3.09. The lowest BCUT2D eigenvalue weighted by atomic mass is 10.1. The normalized spacial score (nSPS) is 11.8. The fraction of sp³-hybridized carbons (Fsp3) is 0.927. The molecule has 0 atom stereocenters. The molecule has 0 fully saturated rings. The van der Waals surface area contributed by atoms with Crippen molar-refractivity contribution in [1.82, 2.24) is 0 Å². The first-order valence-electron chi connectivity index (χ1n) is 21.3. The molecule has 0 aromatic carbocycles. The molecular weight excluding hydrogens is 761 g/mol. The number of ether oxygens (including phenoxy) is 13. The van der Waals surface area contributed by atoms with Crippen LogP contribution in [0.15, 0.2) is 12.2 Å². The highest BCUT2D eigenvalue weighted by molar-refractivity contribution is 6.69. The first-order chi connectivity index (χ1) is 27.8. The zero-order valence-corrected chi connectivity index (χ0v) is 37.1. The number of unbranched alkanes of at least 4 members (excludes halogenated alkanes) is 8. The van der Waals surface area contributed by atoms with E-state index in [2.05, 4.69) is 6.58 Å². The van der Waals surface area contributed by atoms with E-state index in [1.54, 1.807) is 6.92 Å². The van der Waals surface area contributed by atoms with Gasteiger partial charge in [0.05, 0.1) is 152 Å². The van der Waals surface area contributed by atoms with Crippen molar-refractivity contribution in [2.24, 2.45) is 0 Å². The van der Waals surface area contributed by atoms with Crippen molar-refractivity contribution < 1.29 is 71.2 Å². The van der Waals surface area contributed by atoms with Gasteiger partial charge in [0, 0.05) is 12.2 Å². The molecule has 0 amide bonds. The van der Waals surface area contributed by atoms with Crippen LogP contribution in [0, 0.1) is 0 Å². The summed E-state index contributed by atoms with van der Waals surface area (Å²) in [5.74, 6) is -0.413. The van der Waals surface area contributed by atoms with Crippen LogP contribution in [0.3, 0.4) is 0 Å². The van der Waals surface area contributed by atoms with E-state index in [4.69, 9.17) is 61.6 Å². The first kappa shape index (κ1) is 55.9. The summed E-state index contributed by atoms with van der Waals surface area (Å²) in [5.41, 5.74) is 0.369. The molecule has 0 bridgehead atoms. The van der Waals surface area contributed by atoms with Crippen molar-refractivity contribution in [3.8, 4) is 0 Å². The van der Waals surface area contributed by atoms with E-state index in [-0.39, 0.29) is 6.61 Å². The number of carbonyl (C=O) groups is 1. The average molecular weight is 843 g/mol. The molecule has 0 unspecified atom stereocenters. The molecule has 0 aliphatic heterocycles. The van der Waals surface area contributed by atoms with Gasteiger partial charge in [0.25, 0.3) is 0 Å². The van der Waals surface area contributed by atoms with E-state index in [1.165, 1.54) is 51.4 Å². The zero-order valence-electron chi connectivity index (χ0n) is 36.1. The highest BCUT2D eigenvalue weighted by Gasteiger charge is 2.15. The Morgan fingerprint density at radius 3 is 0.825 bits per heavy atom. The topological polar surface area (TPSA) is 157 Å². The SMILES string of the molecule is C=C(C)C(=O)OCCOCCOCCOCCOCCOCCOCCOCCOCCOCCOCCOCCOCCCCCCCCCCC[Si](C)(C)O. The molecule has 0 rings (SSSR count). The molecule has 0 saturated heterocycles. The van der Waals surface area contributed by atoms with Crippen LogP contribution in [-0.4, -0.2) is 184 Å². The summed E-state index contributed by atoms with van der Waals surface area (Å²) in [4.78, 5) is 21.1. The number of hydrogen-bond acceptors (Lipinski definition) is 15. The fourth-order valence-corrected chi connectivity index (χ4v) is 5.95. The van der Waals surface area contributed by atoms with Gasteiger partial charge in [-0.2, -0.15) is 0 Å². The number of rotatable bonds is 49. The molecule has 340 valence electrons. The summed E-state index contributed by atoms with van der Waals surface area (Å²) >= 11 is 0. The van der Waals surface area contributed by atoms with Gasteiger partial charge in [0.2, 0.25) is 0 Å². The van der Waals surface area contributed by atoms with Crippen LogP contribution >= 0.6 is 0 Å². The Morgan fingerprint density at radius 2 is 0.579 bits per heavy atom. The maximum Gasteiger partial charge on any atom is 0.333 e. The molecule has 0 spiro atoms. The zero-order chi connectivity index (χ0) is 41.6. The molecule has 15 nitrogen and oxygen atoms in total. The van der Waals surface area contributed by atoms with Crippen LogP contribution in [-0.2, 0) is 66.4 Å². The van der Waals surface area contributed by atoms with Gasteiger partial charge in [0.1, 0.15) is 6.61 Å². The Kier molecular flexibility index (Phi) is 45.1. The molecule has 0 aromatic rings. The summed E-state index contributed by atoms with van der Waals surface area (Å²) in [6.45, 7) is 21.6. The van der Waals surface area contributed by atoms with Crippen LogP contribution < -0.4 is 0 Å². The second kappa shape index (κ2) is 46.0. The maximum absolute atomic E-state index is 11.2. The Hall–Kier alpha value is -1.09. The van der Waals surface area contributed by atoms with Crippen LogP contribution in [0.25, 0.3) is 0 Å². The third kappa shape index (κ3) is 51.0. The lowest BCUT2D eigenvalue weighted by Gasteiger charge is -2.12. The fourth-order valence-electron chi connectivity index (χ4n) is 4.84. The van der Waals surface area contributed by atoms with Gasteiger partial charge < -0.3 is 66.4 Å². The minimum atomic E-state index is -1.84. The van der Waals surface area contributed by atoms with E-state index in [0.717, 1.165) is 19.1 Å². The molecule has 0 radical (unpaired) electrons. The molecule has 0 aliphatic carbocycles. The van der Waals surface area contributed by atoms with Crippen LogP contribution in [0.4, 0.5) is 0 Å². The summed E-state index contributed by atoms with van der Waals surface area (Å²) in [7, 11) is -1.84. The molecule has 0 saturated carbocycles. The number of esters is 1. The molecule has 57 heavy (non-hydrogen) atoms. The van der Waals surface area contributed by atoms with Crippen molar-refractivity contribution in [3.05, 3.63) is 12.2 Å². The largest absolute Gasteiger partial charge is 0.460 e. The third-order valence-corrected chi connectivity index (χ3v) is 9.56.